The summed E-state index contributed by atoms with van der Waals surface area (Å²) in [5, 5.41) is 12.0. The SMILES string of the molecule is C[Si](C)(C)C#Cc1c(-c2ccccc2)c2c(c3c1C(O)c1ccccc1-3)C1c3ccccc3C2c2ccccc21. The molecular formula is C38H30OSi. The summed E-state index contributed by atoms with van der Waals surface area (Å²) in [6, 6.07) is 37.2. The monoisotopic (exact) mass is 530 g/mol. The van der Waals surface area contributed by atoms with Gasteiger partial charge in [0, 0.05) is 28.5 Å². The molecule has 0 saturated heterocycles. The first-order valence-corrected chi connectivity index (χ1v) is 17.7. The van der Waals surface area contributed by atoms with E-state index in [1.165, 1.54) is 50.1 Å². The van der Waals surface area contributed by atoms with Gasteiger partial charge in [-0.15, -0.1) is 5.54 Å². The first-order chi connectivity index (χ1) is 19.4. The molecule has 0 aliphatic heterocycles. The smallest absolute Gasteiger partial charge is 0.129 e. The van der Waals surface area contributed by atoms with Crippen LogP contribution < -0.4 is 0 Å². The molecule has 40 heavy (non-hydrogen) atoms. The summed E-state index contributed by atoms with van der Waals surface area (Å²) in [4.78, 5) is 0. The molecule has 9 rings (SSSR count). The van der Waals surface area contributed by atoms with Gasteiger partial charge in [0.2, 0.25) is 0 Å². The van der Waals surface area contributed by atoms with Crippen LogP contribution in [0.25, 0.3) is 22.3 Å². The van der Waals surface area contributed by atoms with E-state index in [-0.39, 0.29) is 11.8 Å². The zero-order valence-electron chi connectivity index (χ0n) is 23.0. The van der Waals surface area contributed by atoms with Gasteiger partial charge in [0.1, 0.15) is 14.2 Å². The second kappa shape index (κ2) is 8.42. The minimum absolute atomic E-state index is 0.112. The average Bonchev–Trinajstić information content (AvgIpc) is 3.28. The molecule has 1 nitrogen and oxygen atoms in total. The van der Waals surface area contributed by atoms with Crippen molar-refractivity contribution in [3.8, 4) is 33.7 Å². The third-order valence-electron chi connectivity index (χ3n) is 8.85. The van der Waals surface area contributed by atoms with Gasteiger partial charge in [0.05, 0.1) is 0 Å². The van der Waals surface area contributed by atoms with Crippen LogP contribution in [-0.4, -0.2) is 13.2 Å². The van der Waals surface area contributed by atoms with E-state index < -0.39 is 14.2 Å². The minimum Gasteiger partial charge on any atom is -0.384 e. The maximum Gasteiger partial charge on any atom is 0.129 e. The molecule has 0 heterocycles. The molecule has 0 spiro atoms. The van der Waals surface area contributed by atoms with Gasteiger partial charge in [-0.2, -0.15) is 0 Å². The first kappa shape index (κ1) is 23.7. The Hall–Kier alpha value is -4.16. The highest BCUT2D eigenvalue weighted by molar-refractivity contribution is 6.83. The molecule has 1 atom stereocenters. The zero-order valence-corrected chi connectivity index (χ0v) is 24.0. The molecule has 0 saturated carbocycles. The highest BCUT2D eigenvalue weighted by atomic mass is 28.3. The Kier molecular flexibility index (Phi) is 4.99. The summed E-state index contributed by atoms with van der Waals surface area (Å²) in [7, 11) is -1.71. The van der Waals surface area contributed by atoms with Gasteiger partial charge in [-0.1, -0.05) is 129 Å². The van der Waals surface area contributed by atoms with Crippen LogP contribution in [0.3, 0.4) is 0 Å². The predicted octanol–water partition coefficient (Wildman–Crippen LogP) is 8.63. The lowest BCUT2D eigenvalue weighted by Gasteiger charge is -2.45. The highest BCUT2D eigenvalue weighted by Gasteiger charge is 2.47. The van der Waals surface area contributed by atoms with Crippen molar-refractivity contribution in [1.29, 1.82) is 0 Å². The van der Waals surface area contributed by atoms with Crippen molar-refractivity contribution in [2.45, 2.75) is 37.6 Å². The second-order valence-electron chi connectivity index (χ2n) is 12.3. The van der Waals surface area contributed by atoms with E-state index in [0.29, 0.717) is 0 Å². The van der Waals surface area contributed by atoms with Crippen LogP contribution in [0.1, 0.15) is 68.0 Å². The Bertz CT molecular complexity index is 1870. The van der Waals surface area contributed by atoms with Crippen LogP contribution >= 0.6 is 0 Å². The third-order valence-corrected chi connectivity index (χ3v) is 9.73. The van der Waals surface area contributed by atoms with Gasteiger partial charge < -0.3 is 5.11 Å². The maximum absolute atomic E-state index is 12.0. The summed E-state index contributed by atoms with van der Waals surface area (Å²) in [6.07, 6.45) is -0.698. The molecule has 5 aromatic rings. The fourth-order valence-electron chi connectivity index (χ4n) is 7.41. The van der Waals surface area contributed by atoms with E-state index in [1.54, 1.807) is 0 Å². The summed E-state index contributed by atoms with van der Waals surface area (Å²) in [5.74, 6) is 3.95. The fraction of sp³-hybridized carbons (Fsp3) is 0.158. The van der Waals surface area contributed by atoms with E-state index in [0.717, 1.165) is 22.3 Å². The lowest BCUT2D eigenvalue weighted by Crippen LogP contribution is -2.29. The second-order valence-corrected chi connectivity index (χ2v) is 17.1. The Labute approximate surface area is 237 Å². The molecule has 0 radical (unpaired) electrons. The van der Waals surface area contributed by atoms with Crippen molar-refractivity contribution in [3.63, 3.8) is 0 Å². The number of aliphatic hydroxyl groups is 1. The first-order valence-electron chi connectivity index (χ1n) is 14.2. The van der Waals surface area contributed by atoms with E-state index in [9.17, 15) is 5.11 Å². The van der Waals surface area contributed by atoms with E-state index in [1.807, 2.05) is 6.07 Å². The number of hydrogen-bond donors (Lipinski definition) is 1. The molecular weight excluding hydrogens is 501 g/mol. The van der Waals surface area contributed by atoms with Crippen molar-refractivity contribution in [2.75, 3.05) is 0 Å². The molecule has 0 fully saturated rings. The Morgan fingerprint density at radius 1 is 0.550 bits per heavy atom. The van der Waals surface area contributed by atoms with Crippen molar-refractivity contribution in [3.05, 3.63) is 153 Å². The van der Waals surface area contributed by atoms with Gasteiger partial charge in [0.25, 0.3) is 0 Å². The minimum atomic E-state index is -1.71. The standard InChI is InChI=1S/C38H30OSi/c1-40(2,3)22-21-30-31(23-13-5-4-6-14-23)36-32-24-15-7-9-17-26(24)33(27-18-10-8-16-25(27)32)37(36)34-28-19-11-12-20-29(28)38(39)35(30)34/h4-20,32-33,38-39H,1-3H3. The lowest BCUT2D eigenvalue weighted by atomic mass is 9.58. The Balaban J connectivity index is 1.61. The lowest BCUT2D eigenvalue weighted by molar-refractivity contribution is 0.225. The Morgan fingerprint density at radius 3 is 1.57 bits per heavy atom. The van der Waals surface area contributed by atoms with Crippen molar-refractivity contribution in [2.24, 2.45) is 0 Å². The van der Waals surface area contributed by atoms with E-state index in [4.69, 9.17) is 0 Å². The average molecular weight is 531 g/mol. The van der Waals surface area contributed by atoms with Crippen molar-refractivity contribution in [1.82, 2.24) is 0 Å². The van der Waals surface area contributed by atoms with Crippen molar-refractivity contribution >= 4 is 8.07 Å². The summed E-state index contributed by atoms with van der Waals surface area (Å²) in [6.45, 7) is 6.88. The Morgan fingerprint density at radius 2 is 1.02 bits per heavy atom. The van der Waals surface area contributed by atoms with Crippen LogP contribution in [0, 0.1) is 11.5 Å². The molecule has 1 N–H and O–H groups in total. The third kappa shape index (κ3) is 3.20. The van der Waals surface area contributed by atoms with Gasteiger partial charge in [-0.25, -0.2) is 0 Å². The van der Waals surface area contributed by atoms with Crippen molar-refractivity contribution < 1.29 is 5.11 Å². The predicted molar refractivity (Wildman–Crippen MR) is 166 cm³/mol. The number of benzene rings is 5. The number of hydrogen-bond acceptors (Lipinski definition) is 1. The fourth-order valence-corrected chi connectivity index (χ4v) is 7.91. The summed E-state index contributed by atoms with van der Waals surface area (Å²) in [5.41, 5.74) is 19.7. The number of aliphatic hydroxyl groups excluding tert-OH is 1. The number of rotatable bonds is 1. The van der Waals surface area contributed by atoms with E-state index >= 15 is 0 Å². The molecule has 4 aliphatic carbocycles. The quantitative estimate of drug-likeness (QED) is 0.166. The zero-order chi connectivity index (χ0) is 27.2. The summed E-state index contributed by atoms with van der Waals surface area (Å²) < 4.78 is 0. The summed E-state index contributed by atoms with van der Waals surface area (Å²) >= 11 is 0. The molecule has 4 aliphatic rings. The van der Waals surface area contributed by atoms with Gasteiger partial charge >= 0.3 is 0 Å². The molecule has 2 heteroatoms. The molecule has 1 unspecified atom stereocenters. The maximum atomic E-state index is 12.0. The van der Waals surface area contributed by atoms with Crippen LogP contribution in [0.15, 0.2) is 103 Å². The topological polar surface area (TPSA) is 20.2 Å². The molecule has 5 aromatic carbocycles. The van der Waals surface area contributed by atoms with Gasteiger partial charge in [0.15, 0.2) is 0 Å². The van der Waals surface area contributed by atoms with E-state index in [2.05, 4.69) is 128 Å². The van der Waals surface area contributed by atoms with Gasteiger partial charge in [-0.3, -0.25) is 0 Å². The number of fused-ring (bicyclic) bond motifs is 3. The van der Waals surface area contributed by atoms with Gasteiger partial charge in [-0.05, 0) is 55.6 Å². The van der Waals surface area contributed by atoms with Crippen LogP contribution in [0.2, 0.25) is 19.6 Å². The normalized spacial score (nSPS) is 19.1. The van der Waals surface area contributed by atoms with Crippen LogP contribution in [0.5, 0.6) is 0 Å². The van der Waals surface area contributed by atoms with Crippen LogP contribution in [0.4, 0.5) is 0 Å². The molecule has 0 amide bonds. The molecule has 192 valence electrons. The highest BCUT2D eigenvalue weighted by Crippen LogP contribution is 2.63. The van der Waals surface area contributed by atoms with Crippen LogP contribution in [-0.2, 0) is 0 Å². The largest absolute Gasteiger partial charge is 0.384 e. The molecule has 2 bridgehead atoms. The molecule has 0 aromatic heterocycles.